The Balaban J connectivity index is 2.49. The number of carboxylic acid groups (broad SMARTS) is 1. The quantitative estimate of drug-likeness (QED) is 0.446. The number of para-hydroxylation sites is 1. The summed E-state index contributed by atoms with van der Waals surface area (Å²) in [5.74, 6) is -1.55. The number of anilines is 1. The van der Waals surface area contributed by atoms with E-state index in [1.165, 1.54) is 0 Å². The predicted molar refractivity (Wildman–Crippen MR) is 80.3 cm³/mol. The normalized spacial score (nSPS) is 11.9. The number of carbonyl (C=O) groups is 2. The molecule has 0 aromatic heterocycles. The third-order valence-electron chi connectivity index (χ3n) is 3.00. The summed E-state index contributed by atoms with van der Waals surface area (Å²) in [6, 6.07) is 6.33. The highest BCUT2D eigenvalue weighted by atomic mass is 79.9. The van der Waals surface area contributed by atoms with Crippen molar-refractivity contribution >= 4 is 33.5 Å². The molecule has 0 unspecified atom stereocenters. The topological polar surface area (TPSA) is 102 Å². The Bertz CT molecular complexity index is 482. The summed E-state index contributed by atoms with van der Waals surface area (Å²) in [6.07, 6.45) is 0.769. The number of benzene rings is 1. The van der Waals surface area contributed by atoms with Crippen LogP contribution in [-0.2, 0) is 9.59 Å². The van der Waals surface area contributed by atoms with Crippen LogP contribution in [0.2, 0.25) is 0 Å². The molecule has 116 valence electrons. The maximum absolute atomic E-state index is 11.9. The lowest BCUT2D eigenvalue weighted by atomic mass is 10.2. The highest BCUT2D eigenvalue weighted by molar-refractivity contribution is 9.10. The third kappa shape index (κ3) is 6.70. The summed E-state index contributed by atoms with van der Waals surface area (Å²) in [5.41, 5.74) is 0.625. The van der Waals surface area contributed by atoms with Gasteiger partial charge in [0, 0.05) is 10.9 Å². The van der Waals surface area contributed by atoms with E-state index in [1.807, 2.05) is 18.4 Å². The van der Waals surface area contributed by atoms with Crippen molar-refractivity contribution in [3.05, 3.63) is 28.7 Å². The van der Waals surface area contributed by atoms with Gasteiger partial charge in [-0.15, -0.1) is 0 Å². The molecule has 0 bridgehead atoms. The number of nitrogens with one attached hydrogen (secondary N) is 1. The molecule has 21 heavy (non-hydrogen) atoms. The molecule has 0 fully saturated rings. The molecule has 1 atom stereocenters. The lowest BCUT2D eigenvalue weighted by Crippen LogP contribution is -2.94. The number of aliphatic carboxylic acids is 1. The second-order valence-electron chi connectivity index (χ2n) is 4.73. The molecular weight excluding hydrogens is 338 g/mol. The fraction of sp³-hybridized carbons (Fsp3) is 0.429. The van der Waals surface area contributed by atoms with Gasteiger partial charge in [0.25, 0.3) is 0 Å². The smallest absolute Gasteiger partial charge is 0.230 e. The minimum absolute atomic E-state index is 0.112. The lowest BCUT2D eigenvalue weighted by Gasteiger charge is -2.16. The van der Waals surface area contributed by atoms with E-state index in [0.717, 1.165) is 17.4 Å². The zero-order valence-electron chi connectivity index (χ0n) is 12.0. The Morgan fingerprint density at radius 1 is 1.33 bits per heavy atom. The Morgan fingerprint density at radius 2 is 2.05 bits per heavy atom. The first-order valence-electron chi connectivity index (χ1n) is 6.91. The number of carboxylic acids is 1. The Hall–Kier alpha value is -1.44. The van der Waals surface area contributed by atoms with Crippen LogP contribution in [0.3, 0.4) is 0 Å². The van der Waals surface area contributed by atoms with Gasteiger partial charge >= 0.3 is 0 Å². The first-order valence-corrected chi connectivity index (χ1v) is 7.70. The van der Waals surface area contributed by atoms with Crippen molar-refractivity contribution in [3.63, 3.8) is 0 Å². The van der Waals surface area contributed by atoms with E-state index in [2.05, 4.69) is 21.2 Å². The van der Waals surface area contributed by atoms with E-state index in [1.54, 1.807) is 23.5 Å². The van der Waals surface area contributed by atoms with Gasteiger partial charge in [-0.1, -0.05) is 12.1 Å². The van der Waals surface area contributed by atoms with Crippen LogP contribution in [0.4, 0.5) is 5.69 Å². The summed E-state index contributed by atoms with van der Waals surface area (Å²) < 4.78 is 0.755. The van der Waals surface area contributed by atoms with Gasteiger partial charge in [-0.25, -0.2) is 0 Å². The van der Waals surface area contributed by atoms with Crippen LogP contribution in [0, 0.1) is 0 Å². The molecule has 0 aliphatic heterocycles. The SMILES string of the molecule is C[NH2+]CCC[NH2+][C@@H](CC(=O)Nc1ccccc1Br)C(=O)[O-]. The monoisotopic (exact) mass is 358 g/mol. The highest BCUT2D eigenvalue weighted by Gasteiger charge is 2.18. The van der Waals surface area contributed by atoms with Gasteiger partial charge in [0.15, 0.2) is 0 Å². The molecule has 0 saturated heterocycles. The van der Waals surface area contributed by atoms with Crippen LogP contribution >= 0.6 is 15.9 Å². The van der Waals surface area contributed by atoms with Gasteiger partial charge in [0.2, 0.25) is 5.91 Å². The molecule has 0 aliphatic rings. The molecule has 0 spiro atoms. The molecule has 7 heteroatoms. The van der Waals surface area contributed by atoms with Crippen LogP contribution < -0.4 is 21.1 Å². The largest absolute Gasteiger partial charge is 0.544 e. The van der Waals surface area contributed by atoms with Gasteiger partial charge in [0.05, 0.1) is 38.2 Å². The van der Waals surface area contributed by atoms with Crippen molar-refractivity contribution < 1.29 is 25.3 Å². The van der Waals surface area contributed by atoms with Crippen LogP contribution in [-0.4, -0.2) is 38.1 Å². The number of amides is 1. The van der Waals surface area contributed by atoms with Gasteiger partial charge < -0.3 is 25.9 Å². The predicted octanol–water partition coefficient (Wildman–Crippen LogP) is -1.96. The molecular formula is C14H21BrN3O3+. The molecule has 0 radical (unpaired) electrons. The van der Waals surface area contributed by atoms with E-state index in [4.69, 9.17) is 0 Å². The van der Waals surface area contributed by atoms with Crippen LogP contribution in [0.1, 0.15) is 12.8 Å². The van der Waals surface area contributed by atoms with Crippen molar-refractivity contribution in [2.24, 2.45) is 0 Å². The minimum atomic E-state index is -1.21. The van der Waals surface area contributed by atoms with Gasteiger partial charge in [-0.2, -0.15) is 0 Å². The molecule has 0 heterocycles. The first-order chi connectivity index (χ1) is 10.0. The number of carbonyl (C=O) groups excluding carboxylic acids is 2. The molecule has 0 aliphatic carbocycles. The maximum Gasteiger partial charge on any atom is 0.230 e. The van der Waals surface area contributed by atoms with E-state index in [9.17, 15) is 14.7 Å². The highest BCUT2D eigenvalue weighted by Crippen LogP contribution is 2.21. The Labute approximate surface area is 132 Å². The van der Waals surface area contributed by atoms with Crippen LogP contribution in [0.5, 0.6) is 0 Å². The van der Waals surface area contributed by atoms with Crippen molar-refractivity contribution in [1.82, 2.24) is 0 Å². The summed E-state index contributed by atoms with van der Waals surface area (Å²) in [7, 11) is 1.96. The minimum Gasteiger partial charge on any atom is -0.544 e. The number of nitrogens with two attached hydrogens (primary N) is 2. The van der Waals surface area contributed by atoms with E-state index < -0.39 is 12.0 Å². The zero-order valence-corrected chi connectivity index (χ0v) is 13.6. The van der Waals surface area contributed by atoms with Crippen molar-refractivity contribution in [2.45, 2.75) is 18.9 Å². The van der Waals surface area contributed by atoms with Crippen molar-refractivity contribution in [3.8, 4) is 0 Å². The van der Waals surface area contributed by atoms with Crippen LogP contribution in [0.15, 0.2) is 28.7 Å². The molecule has 6 nitrogen and oxygen atoms in total. The third-order valence-corrected chi connectivity index (χ3v) is 3.70. The molecule has 1 aromatic carbocycles. The standard InChI is InChI=1S/C14H20BrN3O3/c1-16-7-4-8-17-12(14(20)21)9-13(19)18-11-6-3-2-5-10(11)15/h2-3,5-6,12,16-17H,4,7-9H2,1H3,(H,18,19)(H,20,21)/p+1/t12-/m0/s1. The Kier molecular flexibility index (Phi) is 7.96. The molecule has 1 amide bonds. The van der Waals surface area contributed by atoms with Crippen LogP contribution in [0.25, 0.3) is 0 Å². The average Bonchev–Trinajstić information content (AvgIpc) is 2.44. The second kappa shape index (κ2) is 9.49. The summed E-state index contributed by atoms with van der Waals surface area (Å²) in [6.45, 7) is 1.59. The summed E-state index contributed by atoms with van der Waals surface area (Å²) >= 11 is 3.32. The van der Waals surface area contributed by atoms with Crippen molar-refractivity contribution in [2.75, 3.05) is 25.5 Å². The lowest BCUT2D eigenvalue weighted by molar-refractivity contribution is -0.692. The molecule has 1 aromatic rings. The number of rotatable bonds is 9. The van der Waals surface area contributed by atoms with Gasteiger partial charge in [0.1, 0.15) is 6.04 Å². The second-order valence-corrected chi connectivity index (χ2v) is 5.59. The Morgan fingerprint density at radius 3 is 2.67 bits per heavy atom. The first kappa shape index (κ1) is 17.6. The van der Waals surface area contributed by atoms with E-state index >= 15 is 0 Å². The molecule has 1 rings (SSSR count). The molecule has 5 N–H and O–H groups in total. The van der Waals surface area contributed by atoms with Gasteiger partial charge in [-0.05, 0) is 28.1 Å². The van der Waals surface area contributed by atoms with Gasteiger partial charge in [-0.3, -0.25) is 4.79 Å². The number of hydrogen-bond donors (Lipinski definition) is 3. The van der Waals surface area contributed by atoms with Crippen molar-refractivity contribution in [1.29, 1.82) is 0 Å². The number of hydrogen-bond acceptors (Lipinski definition) is 3. The number of quaternary nitrogens is 2. The number of halogens is 1. The van der Waals surface area contributed by atoms with E-state index in [-0.39, 0.29) is 12.3 Å². The summed E-state index contributed by atoms with van der Waals surface area (Å²) in [5, 5.41) is 17.5. The maximum atomic E-state index is 11.9. The zero-order chi connectivity index (χ0) is 15.7. The fourth-order valence-electron chi connectivity index (χ4n) is 1.87. The molecule has 0 saturated carbocycles. The summed E-state index contributed by atoms with van der Waals surface area (Å²) in [4.78, 5) is 23.0. The van der Waals surface area contributed by atoms with E-state index in [0.29, 0.717) is 12.2 Å². The average molecular weight is 359 g/mol. The fourth-order valence-corrected chi connectivity index (χ4v) is 2.25.